The van der Waals surface area contributed by atoms with Crippen LogP contribution >= 0.6 is 45.3 Å². The van der Waals surface area contributed by atoms with Crippen molar-refractivity contribution >= 4 is 152 Å². The molecule has 0 N–H and O–H groups in total. The molecule has 10 aromatic carbocycles. The molecule has 0 aliphatic rings. The Morgan fingerprint density at radius 3 is 0.857 bits per heavy atom. The van der Waals surface area contributed by atoms with Gasteiger partial charge in [-0.25, -0.2) is 19.9 Å². The fraction of sp³-hybridized carbons (Fsp3) is 0.0303. The van der Waals surface area contributed by atoms with Gasteiger partial charge in [0.25, 0.3) is 0 Å². The maximum absolute atomic E-state index is 5.10. The predicted octanol–water partition coefficient (Wildman–Crippen LogP) is 19.1. The van der Waals surface area contributed by atoms with Crippen LogP contribution < -0.4 is 0 Å². The predicted molar refractivity (Wildman–Crippen MR) is 328 cm³/mol. The first kappa shape index (κ1) is 43.4. The summed E-state index contributed by atoms with van der Waals surface area (Å²) in [7, 11) is 0. The minimum Gasteiger partial charge on any atom is -0.341 e. The maximum atomic E-state index is 5.10. The van der Waals surface area contributed by atoms with E-state index < -0.39 is 0 Å². The first-order valence-electron chi connectivity index (χ1n) is 25.7. The average Bonchev–Trinajstić information content (AvgIpc) is 4.48. The molecule has 77 heavy (non-hydrogen) atoms. The first-order chi connectivity index (χ1) is 38.0. The summed E-state index contributed by atoms with van der Waals surface area (Å²) in [5.74, 6) is 0. The van der Waals surface area contributed by atoms with Gasteiger partial charge in [-0.15, -0.1) is 45.3 Å². The summed E-state index contributed by atoms with van der Waals surface area (Å²) in [4.78, 5) is 20.4. The normalized spacial score (nSPS) is 12.3. The molecule has 0 spiro atoms. The van der Waals surface area contributed by atoms with Crippen molar-refractivity contribution < 1.29 is 0 Å². The number of rotatable bonds is 7. The summed E-state index contributed by atoms with van der Waals surface area (Å²) in [6, 6.07) is 75.2. The van der Waals surface area contributed by atoms with Gasteiger partial charge < -0.3 is 13.7 Å². The van der Waals surface area contributed by atoms with Crippen LogP contribution in [0, 0.1) is 0 Å². The second-order valence-corrected chi connectivity index (χ2v) is 23.8. The summed E-state index contributed by atoms with van der Waals surface area (Å²) in [6.07, 6.45) is 0. The number of aryl methyl sites for hydroxylation is 1. The second kappa shape index (κ2) is 16.6. The molecule has 362 valence electrons. The van der Waals surface area contributed by atoms with Crippen LogP contribution in [0.25, 0.3) is 160 Å². The Balaban J connectivity index is 0.860. The molecule has 0 unspecified atom stereocenters. The average molecular weight is 1060 g/mol. The van der Waals surface area contributed by atoms with Crippen LogP contribution in [0.1, 0.15) is 6.92 Å². The van der Waals surface area contributed by atoms with Crippen molar-refractivity contribution in [3.8, 4) is 53.7 Å². The molecular weight excluding hydrogens is 1020 g/mol. The summed E-state index contributed by atoms with van der Waals surface area (Å²) in [5, 5.41) is 11.2. The number of hydrogen-bond donors (Lipinski definition) is 0. The standard InChI is InChI=1S/C66H39N7S4/c1-2-71-53-29-23-41(72-55-25-19-37(63-67-49-11-3-7-15-59(49)74-63)31-43(55)44-32-38(20-26-56(44)72)64-68-50-12-4-8-16-60(50)75-64)35-47(53)48-36-42(24-30-54(48)71)73-57-27-21-39(65-69-51-13-5-9-17-61(51)76-65)33-45(57)46-34-40(22-28-58(46)73)66-70-52-14-6-10-18-62(52)77-66/h3-36H,2H2,1H3. The molecule has 0 atom stereocenters. The summed E-state index contributed by atoms with van der Waals surface area (Å²) in [6.45, 7) is 3.09. The van der Waals surface area contributed by atoms with E-state index in [2.05, 4.69) is 227 Å². The first-order valence-corrected chi connectivity index (χ1v) is 29.0. The quantitative estimate of drug-likeness (QED) is 0.160. The van der Waals surface area contributed by atoms with Crippen molar-refractivity contribution in [2.24, 2.45) is 0 Å². The molecule has 7 aromatic heterocycles. The van der Waals surface area contributed by atoms with Gasteiger partial charge in [-0.2, -0.15) is 0 Å². The third kappa shape index (κ3) is 6.64. The third-order valence-electron chi connectivity index (χ3n) is 15.4. The van der Waals surface area contributed by atoms with Crippen LogP contribution in [-0.4, -0.2) is 33.6 Å². The van der Waals surface area contributed by atoms with E-state index in [1.807, 2.05) is 0 Å². The van der Waals surface area contributed by atoms with Gasteiger partial charge in [0.15, 0.2) is 0 Å². The zero-order valence-corrected chi connectivity index (χ0v) is 44.4. The van der Waals surface area contributed by atoms with E-state index in [1.54, 1.807) is 45.3 Å². The molecule has 0 amide bonds. The molecule has 0 bridgehead atoms. The van der Waals surface area contributed by atoms with Crippen LogP contribution in [0.15, 0.2) is 206 Å². The third-order valence-corrected chi connectivity index (χ3v) is 19.7. The fourth-order valence-electron chi connectivity index (χ4n) is 11.8. The molecule has 0 aliphatic heterocycles. The second-order valence-electron chi connectivity index (χ2n) is 19.7. The van der Waals surface area contributed by atoms with Crippen LogP contribution in [-0.2, 0) is 6.54 Å². The van der Waals surface area contributed by atoms with Crippen LogP contribution in [0.4, 0.5) is 0 Å². The number of thiazole rings is 4. The van der Waals surface area contributed by atoms with E-state index in [4.69, 9.17) is 19.9 Å². The molecule has 17 aromatic rings. The number of benzene rings is 10. The SMILES string of the molecule is CCn1c2ccc(-n3c4ccc(-c5nc6ccccc6s5)cc4c4cc(-c5nc6ccccc6s5)ccc43)cc2c2cc(-n3c4ccc(-c5nc6ccccc6s5)cc4c4cc(-c5nc6ccccc6s5)ccc43)ccc21. The van der Waals surface area contributed by atoms with E-state index in [9.17, 15) is 0 Å². The van der Waals surface area contributed by atoms with Crippen LogP contribution in [0.3, 0.4) is 0 Å². The van der Waals surface area contributed by atoms with Crippen molar-refractivity contribution in [3.63, 3.8) is 0 Å². The summed E-state index contributed by atoms with van der Waals surface area (Å²) in [5.41, 5.74) is 17.8. The highest BCUT2D eigenvalue weighted by Gasteiger charge is 2.22. The van der Waals surface area contributed by atoms with Crippen LogP contribution in [0.2, 0.25) is 0 Å². The van der Waals surface area contributed by atoms with E-state index in [0.29, 0.717) is 0 Å². The van der Waals surface area contributed by atoms with Crippen molar-refractivity contribution in [1.82, 2.24) is 33.6 Å². The Morgan fingerprint density at radius 1 is 0.299 bits per heavy atom. The van der Waals surface area contributed by atoms with Gasteiger partial charge in [-0.1, -0.05) is 48.5 Å². The van der Waals surface area contributed by atoms with Gasteiger partial charge in [0, 0.05) is 83.5 Å². The van der Waals surface area contributed by atoms with Gasteiger partial charge in [0.1, 0.15) is 20.0 Å². The van der Waals surface area contributed by atoms with Crippen molar-refractivity contribution in [2.45, 2.75) is 13.5 Å². The fourth-order valence-corrected chi connectivity index (χ4v) is 15.7. The van der Waals surface area contributed by atoms with Crippen LogP contribution in [0.5, 0.6) is 0 Å². The Kier molecular flexibility index (Phi) is 9.35. The lowest BCUT2D eigenvalue weighted by Gasteiger charge is -2.10. The molecule has 17 rings (SSSR count). The molecule has 0 saturated carbocycles. The highest BCUT2D eigenvalue weighted by atomic mass is 32.1. The van der Waals surface area contributed by atoms with Gasteiger partial charge in [-0.3, -0.25) is 0 Å². The topological polar surface area (TPSA) is 66.3 Å². The molecule has 7 nitrogen and oxygen atoms in total. The Morgan fingerprint density at radius 2 is 0.571 bits per heavy atom. The van der Waals surface area contributed by atoms with Crippen molar-refractivity contribution in [3.05, 3.63) is 206 Å². The van der Waals surface area contributed by atoms with Gasteiger partial charge in [0.2, 0.25) is 0 Å². The minimum atomic E-state index is 0.843. The minimum absolute atomic E-state index is 0.843. The Hall–Kier alpha value is -8.84. The molecule has 0 saturated heterocycles. The monoisotopic (exact) mass is 1060 g/mol. The summed E-state index contributed by atoms with van der Waals surface area (Å²) < 4.78 is 12.1. The molecule has 11 heteroatoms. The molecule has 0 radical (unpaired) electrons. The number of hydrogen-bond acceptors (Lipinski definition) is 8. The zero-order chi connectivity index (χ0) is 50.5. The number of nitrogens with zero attached hydrogens (tertiary/aromatic N) is 7. The lowest BCUT2D eigenvalue weighted by Crippen LogP contribution is -1.96. The Bertz CT molecular complexity index is 4590. The smallest absolute Gasteiger partial charge is 0.124 e. The van der Waals surface area contributed by atoms with Crippen molar-refractivity contribution in [2.75, 3.05) is 0 Å². The molecular formula is C66H39N7S4. The van der Waals surface area contributed by atoms with E-state index in [1.165, 1.54) is 62.2 Å². The molecule has 7 heterocycles. The van der Waals surface area contributed by atoms with Gasteiger partial charge in [0.05, 0.1) is 62.9 Å². The summed E-state index contributed by atoms with van der Waals surface area (Å²) >= 11 is 6.97. The molecule has 0 fully saturated rings. The van der Waals surface area contributed by atoms with Gasteiger partial charge >= 0.3 is 0 Å². The number of aromatic nitrogens is 7. The molecule has 0 aliphatic carbocycles. The van der Waals surface area contributed by atoms with Crippen molar-refractivity contribution in [1.29, 1.82) is 0 Å². The van der Waals surface area contributed by atoms with E-state index in [0.717, 1.165) is 104 Å². The zero-order valence-electron chi connectivity index (χ0n) is 41.1. The van der Waals surface area contributed by atoms with E-state index in [-0.39, 0.29) is 0 Å². The maximum Gasteiger partial charge on any atom is 0.124 e. The van der Waals surface area contributed by atoms with E-state index >= 15 is 0 Å². The largest absolute Gasteiger partial charge is 0.341 e. The highest BCUT2D eigenvalue weighted by Crippen LogP contribution is 2.44. The number of fused-ring (bicyclic) bond motifs is 13. The lowest BCUT2D eigenvalue weighted by atomic mass is 10.1. The highest BCUT2D eigenvalue weighted by molar-refractivity contribution is 7.22. The number of para-hydroxylation sites is 4. The van der Waals surface area contributed by atoms with Gasteiger partial charge in [-0.05, 0) is 165 Å². The Labute approximate surface area is 455 Å². The lowest BCUT2D eigenvalue weighted by molar-refractivity contribution is 0.827.